The van der Waals surface area contributed by atoms with Gasteiger partial charge < -0.3 is 5.11 Å². The van der Waals surface area contributed by atoms with Crippen LogP contribution in [0.3, 0.4) is 0 Å². The van der Waals surface area contributed by atoms with E-state index in [0.29, 0.717) is 11.1 Å². The summed E-state index contributed by atoms with van der Waals surface area (Å²) in [5.41, 5.74) is 1.05. The van der Waals surface area contributed by atoms with Crippen molar-refractivity contribution in [3.05, 3.63) is 77.9 Å². The first kappa shape index (κ1) is 14.2. The molecule has 2 rings (SSSR count). The topological polar surface area (TPSA) is 40.1 Å². The summed E-state index contributed by atoms with van der Waals surface area (Å²) >= 11 is 0. The van der Waals surface area contributed by atoms with E-state index in [1.165, 1.54) is 0 Å². The number of carbonyl (C=O) groups is 1. The van der Waals surface area contributed by atoms with Gasteiger partial charge in [0, 0.05) is 22.6 Å². The quantitative estimate of drug-likeness (QED) is 0.374. The van der Waals surface area contributed by atoms with Crippen LogP contribution in [0.25, 0.3) is 5.76 Å². The van der Waals surface area contributed by atoms with E-state index in [0.717, 1.165) is 6.08 Å². The number of carbonyl (C=O) groups excluding carboxylic acids is 1. The Kier molecular flexibility index (Phi) is 5.37. The molecule has 18 heavy (non-hydrogen) atoms. The number of hydrogen-bond donors (Lipinski definition) is 0. The molecule has 0 aromatic heterocycles. The number of benzene rings is 2. The van der Waals surface area contributed by atoms with Gasteiger partial charge in [0.05, 0.1) is 0 Å². The molecule has 0 bridgehead atoms. The van der Waals surface area contributed by atoms with Crippen LogP contribution in [0.4, 0.5) is 0 Å². The number of hydrogen-bond acceptors (Lipinski definition) is 2. The average Bonchev–Trinajstić information content (AvgIpc) is 2.40. The van der Waals surface area contributed by atoms with Gasteiger partial charge in [-0.3, -0.25) is 4.79 Å². The summed E-state index contributed by atoms with van der Waals surface area (Å²) in [7, 11) is 0. The average molecular weight is 279 g/mol. The smallest absolute Gasteiger partial charge is 0.185 e. The fraction of sp³-hybridized carbons (Fsp3) is 0. The van der Waals surface area contributed by atoms with Crippen LogP contribution in [0.15, 0.2) is 66.7 Å². The molecule has 3 heteroatoms. The molecule has 92 valence electrons. The molecule has 0 fully saturated rings. The van der Waals surface area contributed by atoms with Gasteiger partial charge in [-0.05, 0) is 11.6 Å². The largest absolute Gasteiger partial charge is 0.872 e. The maximum Gasteiger partial charge on any atom is 0.185 e. The molecule has 0 amide bonds. The summed E-state index contributed by atoms with van der Waals surface area (Å²) in [6.07, 6.45) is 1.13. The Morgan fingerprint density at radius 3 is 1.78 bits per heavy atom. The molecule has 0 heterocycles. The minimum atomic E-state index is -0.264. The molecule has 2 aromatic rings. The third-order valence-electron chi connectivity index (χ3n) is 2.38. The molecule has 0 aliphatic carbocycles. The van der Waals surface area contributed by atoms with E-state index in [-0.39, 0.29) is 28.6 Å². The Morgan fingerprint density at radius 2 is 1.28 bits per heavy atom. The molecule has 0 radical (unpaired) electrons. The molecule has 0 atom stereocenters. The van der Waals surface area contributed by atoms with Crippen LogP contribution < -0.4 is 5.11 Å². The Bertz CT molecular complexity index is 533. The van der Waals surface area contributed by atoms with Crippen molar-refractivity contribution in [1.29, 1.82) is 0 Å². The molecule has 0 N–H and O–H groups in total. The third kappa shape index (κ3) is 3.59. The van der Waals surface area contributed by atoms with Gasteiger partial charge in [0.2, 0.25) is 0 Å². The third-order valence-corrected chi connectivity index (χ3v) is 2.38. The van der Waals surface area contributed by atoms with Crippen molar-refractivity contribution in [3.8, 4) is 0 Å². The van der Waals surface area contributed by atoms with E-state index in [1.807, 2.05) is 12.1 Å². The van der Waals surface area contributed by atoms with Crippen molar-refractivity contribution < 1.29 is 27.0 Å². The second-order valence-corrected chi connectivity index (χ2v) is 3.60. The maximum absolute atomic E-state index is 11.8. The summed E-state index contributed by atoms with van der Waals surface area (Å²) in [6.45, 7) is 0. The molecule has 0 saturated carbocycles. The van der Waals surface area contributed by atoms with Crippen molar-refractivity contribution in [2.45, 2.75) is 0 Å². The zero-order chi connectivity index (χ0) is 12.1. The van der Waals surface area contributed by atoms with E-state index >= 15 is 0 Å². The summed E-state index contributed by atoms with van der Waals surface area (Å²) in [4.78, 5) is 11.8. The predicted molar refractivity (Wildman–Crippen MR) is 65.2 cm³/mol. The fourth-order valence-electron chi connectivity index (χ4n) is 1.49. The van der Waals surface area contributed by atoms with E-state index in [1.54, 1.807) is 48.5 Å². The Hall–Kier alpha value is -1.83. The van der Waals surface area contributed by atoms with Crippen molar-refractivity contribution in [2.75, 3.05) is 0 Å². The summed E-state index contributed by atoms with van der Waals surface area (Å²) in [5, 5.41) is 11.8. The molecule has 2 aromatic carbocycles. The number of rotatable bonds is 3. The fourth-order valence-corrected chi connectivity index (χ4v) is 1.49. The van der Waals surface area contributed by atoms with E-state index in [4.69, 9.17) is 0 Å². The van der Waals surface area contributed by atoms with Crippen LogP contribution in [-0.2, 0) is 17.1 Å². The second kappa shape index (κ2) is 6.80. The first-order valence-corrected chi connectivity index (χ1v) is 5.31. The second-order valence-electron chi connectivity index (χ2n) is 3.60. The van der Waals surface area contributed by atoms with Crippen LogP contribution in [0.5, 0.6) is 0 Å². The first-order chi connectivity index (χ1) is 8.27. The number of allylic oxidation sites excluding steroid dienone is 1. The molecule has 2 nitrogen and oxygen atoms in total. The molecule has 0 saturated heterocycles. The number of ketones is 1. The van der Waals surface area contributed by atoms with Crippen molar-refractivity contribution in [3.63, 3.8) is 0 Å². The van der Waals surface area contributed by atoms with Crippen LogP contribution in [0, 0.1) is 0 Å². The molecule has 0 aliphatic rings. The molecule has 0 spiro atoms. The SMILES string of the molecule is O=C(/C=C(\[O-])c1ccccc1)c1ccccc1.[Fe]. The van der Waals surface area contributed by atoms with Gasteiger partial charge in [0.25, 0.3) is 0 Å². The molecule has 0 unspecified atom stereocenters. The summed E-state index contributed by atoms with van der Waals surface area (Å²) in [5.74, 6) is -0.529. The van der Waals surface area contributed by atoms with Crippen molar-refractivity contribution >= 4 is 11.5 Å². The summed E-state index contributed by atoms with van der Waals surface area (Å²) < 4.78 is 0. The van der Waals surface area contributed by atoms with Crippen LogP contribution in [0.2, 0.25) is 0 Å². The Morgan fingerprint density at radius 1 is 0.833 bits per heavy atom. The van der Waals surface area contributed by atoms with Crippen LogP contribution in [0.1, 0.15) is 15.9 Å². The summed E-state index contributed by atoms with van der Waals surface area (Å²) in [6, 6.07) is 17.5. The van der Waals surface area contributed by atoms with E-state index in [2.05, 4.69) is 0 Å². The van der Waals surface area contributed by atoms with Gasteiger partial charge in [-0.1, -0.05) is 66.4 Å². The Balaban J connectivity index is 0.00000162. The standard InChI is InChI=1S/C15H12O2.Fe/c16-14(12-7-3-1-4-8-12)11-15(17)13-9-5-2-6-10-13;/h1-11,16H;/p-1/b14-11-;. The predicted octanol–water partition coefficient (Wildman–Crippen LogP) is 2.27. The molecular formula is C15H11FeO2-. The molecule has 0 aliphatic heterocycles. The van der Waals surface area contributed by atoms with Gasteiger partial charge in [0.15, 0.2) is 5.78 Å². The first-order valence-electron chi connectivity index (χ1n) is 5.31. The van der Waals surface area contributed by atoms with Gasteiger partial charge >= 0.3 is 0 Å². The minimum absolute atomic E-state index is 0. The molecular weight excluding hydrogens is 268 g/mol. The van der Waals surface area contributed by atoms with Crippen molar-refractivity contribution in [1.82, 2.24) is 0 Å². The minimum Gasteiger partial charge on any atom is -0.872 e. The monoisotopic (exact) mass is 279 g/mol. The van der Waals surface area contributed by atoms with Crippen LogP contribution in [-0.4, -0.2) is 5.78 Å². The van der Waals surface area contributed by atoms with Crippen LogP contribution >= 0.6 is 0 Å². The van der Waals surface area contributed by atoms with E-state index < -0.39 is 0 Å². The van der Waals surface area contributed by atoms with Crippen molar-refractivity contribution in [2.24, 2.45) is 0 Å². The zero-order valence-corrected chi connectivity index (χ0v) is 10.6. The van der Waals surface area contributed by atoms with Gasteiger partial charge in [0.1, 0.15) is 0 Å². The van der Waals surface area contributed by atoms with Gasteiger partial charge in [-0.15, -0.1) is 0 Å². The normalized spacial score (nSPS) is 10.6. The zero-order valence-electron chi connectivity index (χ0n) is 9.52. The van der Waals surface area contributed by atoms with Gasteiger partial charge in [-0.2, -0.15) is 0 Å². The van der Waals surface area contributed by atoms with E-state index in [9.17, 15) is 9.90 Å². The van der Waals surface area contributed by atoms with Gasteiger partial charge in [-0.25, -0.2) is 0 Å². The Labute approximate surface area is 116 Å². The maximum atomic E-state index is 11.8.